The fourth-order valence-corrected chi connectivity index (χ4v) is 2.83. The minimum absolute atomic E-state index is 0. The Labute approximate surface area is 112 Å². The van der Waals surface area contributed by atoms with Crippen LogP contribution in [0.25, 0.3) is 0 Å². The van der Waals surface area contributed by atoms with Gasteiger partial charge in [0.15, 0.2) is 5.78 Å². The third kappa shape index (κ3) is 4.07. The van der Waals surface area contributed by atoms with E-state index in [9.17, 15) is 4.79 Å². The minimum atomic E-state index is 0. The zero-order valence-electron chi connectivity index (χ0n) is 9.72. The Morgan fingerprint density at radius 3 is 2.88 bits per heavy atom. The third-order valence-electron chi connectivity index (χ3n) is 3.14. The van der Waals surface area contributed by atoms with Gasteiger partial charge in [0.1, 0.15) is 0 Å². The molecule has 0 bridgehead atoms. The van der Waals surface area contributed by atoms with Gasteiger partial charge in [-0.25, -0.2) is 0 Å². The van der Waals surface area contributed by atoms with Crippen molar-refractivity contribution in [1.29, 1.82) is 0 Å². The largest absolute Gasteiger partial charge is 0.326 e. The number of nitrogens with two attached hydrogens (primary N) is 1. The Morgan fingerprint density at radius 1 is 1.47 bits per heavy atom. The lowest BCUT2D eigenvalue weighted by atomic mass is 9.91. The van der Waals surface area contributed by atoms with E-state index in [1.807, 2.05) is 17.5 Å². The number of carbonyl (C=O) groups is 1. The van der Waals surface area contributed by atoms with Crippen molar-refractivity contribution in [2.45, 2.75) is 37.8 Å². The Bertz CT molecular complexity index is 342. The molecule has 3 N–H and O–H groups in total. The van der Waals surface area contributed by atoms with Gasteiger partial charge in [-0.05, 0) is 24.3 Å². The molecule has 0 saturated heterocycles. The van der Waals surface area contributed by atoms with Crippen LogP contribution in [0.15, 0.2) is 17.5 Å². The van der Waals surface area contributed by atoms with E-state index in [-0.39, 0.29) is 24.2 Å². The molecule has 96 valence electrons. The molecule has 1 heterocycles. The highest BCUT2D eigenvalue weighted by Crippen LogP contribution is 2.17. The summed E-state index contributed by atoms with van der Waals surface area (Å²) < 4.78 is 0. The van der Waals surface area contributed by atoms with Gasteiger partial charge in [0, 0.05) is 12.1 Å². The Morgan fingerprint density at radius 2 is 2.24 bits per heavy atom. The molecule has 0 amide bonds. The molecule has 0 radical (unpaired) electrons. The van der Waals surface area contributed by atoms with Gasteiger partial charge in [-0.1, -0.05) is 18.9 Å². The molecule has 1 aliphatic carbocycles. The number of rotatable bonds is 4. The maximum Gasteiger partial charge on any atom is 0.186 e. The van der Waals surface area contributed by atoms with Crippen LogP contribution in [0.2, 0.25) is 0 Å². The van der Waals surface area contributed by atoms with Crippen molar-refractivity contribution in [3.05, 3.63) is 22.4 Å². The standard InChI is InChI=1S/C12H18N2OS.ClH/c13-9-4-1-2-5-10(9)14-8-11(15)12-6-3-7-16-12;/h3,6-7,9-10,14H,1-2,4-5,8,13H2;1H. The summed E-state index contributed by atoms with van der Waals surface area (Å²) in [6.07, 6.45) is 4.61. The van der Waals surface area contributed by atoms with Crippen LogP contribution < -0.4 is 11.1 Å². The van der Waals surface area contributed by atoms with E-state index in [0.717, 1.165) is 17.7 Å². The van der Waals surface area contributed by atoms with Crippen molar-refractivity contribution in [1.82, 2.24) is 5.32 Å². The molecule has 0 aliphatic heterocycles. The quantitative estimate of drug-likeness (QED) is 0.828. The molecule has 2 rings (SSSR count). The monoisotopic (exact) mass is 274 g/mol. The third-order valence-corrected chi connectivity index (χ3v) is 4.05. The lowest BCUT2D eigenvalue weighted by molar-refractivity contribution is 0.0987. The second-order valence-electron chi connectivity index (χ2n) is 4.34. The number of hydrogen-bond donors (Lipinski definition) is 2. The highest BCUT2D eigenvalue weighted by atomic mass is 35.5. The molecule has 5 heteroatoms. The summed E-state index contributed by atoms with van der Waals surface area (Å²) in [6.45, 7) is 0.416. The molecule has 3 nitrogen and oxygen atoms in total. The Balaban J connectivity index is 0.00000144. The van der Waals surface area contributed by atoms with Crippen LogP contribution in [0.4, 0.5) is 0 Å². The van der Waals surface area contributed by atoms with Crippen molar-refractivity contribution < 1.29 is 4.79 Å². The molecule has 0 aromatic carbocycles. The van der Waals surface area contributed by atoms with Crippen LogP contribution in [0.1, 0.15) is 35.4 Å². The van der Waals surface area contributed by atoms with Gasteiger partial charge in [0.25, 0.3) is 0 Å². The van der Waals surface area contributed by atoms with Crippen molar-refractivity contribution in [2.24, 2.45) is 5.73 Å². The van der Waals surface area contributed by atoms with Gasteiger partial charge >= 0.3 is 0 Å². The maximum atomic E-state index is 11.8. The second kappa shape index (κ2) is 7.11. The topological polar surface area (TPSA) is 55.1 Å². The summed E-state index contributed by atoms with van der Waals surface area (Å²) in [5, 5.41) is 5.22. The summed E-state index contributed by atoms with van der Waals surface area (Å²) in [5.41, 5.74) is 6.01. The predicted octanol–water partition coefficient (Wildman–Crippen LogP) is 2.21. The lowest BCUT2D eigenvalue weighted by Gasteiger charge is -2.29. The first-order valence-corrected chi connectivity index (χ1v) is 6.71. The first-order valence-electron chi connectivity index (χ1n) is 5.83. The first kappa shape index (κ1) is 14.6. The van der Waals surface area contributed by atoms with E-state index in [0.29, 0.717) is 12.6 Å². The van der Waals surface area contributed by atoms with E-state index in [1.54, 1.807) is 0 Å². The van der Waals surface area contributed by atoms with Gasteiger partial charge in [-0.2, -0.15) is 0 Å². The van der Waals surface area contributed by atoms with Crippen molar-refractivity contribution in [3.63, 3.8) is 0 Å². The molecule has 1 fully saturated rings. The number of hydrogen-bond acceptors (Lipinski definition) is 4. The summed E-state index contributed by atoms with van der Waals surface area (Å²) in [5.74, 6) is 0.174. The SMILES string of the molecule is Cl.NC1CCCCC1NCC(=O)c1cccs1. The minimum Gasteiger partial charge on any atom is -0.326 e. The second-order valence-corrected chi connectivity index (χ2v) is 5.28. The molecule has 1 saturated carbocycles. The Kier molecular flexibility index (Phi) is 6.12. The number of carbonyl (C=O) groups excluding carboxylic acids is 1. The van der Waals surface area contributed by atoms with Gasteiger partial charge in [0.2, 0.25) is 0 Å². The fraction of sp³-hybridized carbons (Fsp3) is 0.583. The molecule has 2 unspecified atom stereocenters. The number of halogens is 1. The lowest BCUT2D eigenvalue weighted by Crippen LogP contribution is -2.48. The molecule has 2 atom stereocenters. The number of Topliss-reactive ketones (excluding diaryl/α,β-unsaturated/α-hetero) is 1. The molecule has 1 aromatic heterocycles. The van der Waals surface area contributed by atoms with Crippen LogP contribution in [0.5, 0.6) is 0 Å². The van der Waals surface area contributed by atoms with Crippen LogP contribution >= 0.6 is 23.7 Å². The molecular weight excluding hydrogens is 256 g/mol. The number of ketones is 1. The van der Waals surface area contributed by atoms with Crippen LogP contribution in [0.3, 0.4) is 0 Å². The predicted molar refractivity (Wildman–Crippen MR) is 74.1 cm³/mol. The molecule has 17 heavy (non-hydrogen) atoms. The van der Waals surface area contributed by atoms with Crippen LogP contribution in [0, 0.1) is 0 Å². The maximum absolute atomic E-state index is 11.8. The van der Waals surface area contributed by atoms with Gasteiger partial charge in [0.05, 0.1) is 11.4 Å². The zero-order valence-corrected chi connectivity index (χ0v) is 11.4. The van der Waals surface area contributed by atoms with E-state index in [1.165, 1.54) is 24.2 Å². The number of thiophene rings is 1. The average molecular weight is 275 g/mol. The average Bonchev–Trinajstić information content (AvgIpc) is 2.81. The van der Waals surface area contributed by atoms with Crippen molar-refractivity contribution in [2.75, 3.05) is 6.54 Å². The van der Waals surface area contributed by atoms with Gasteiger partial charge in [-0.15, -0.1) is 23.7 Å². The van der Waals surface area contributed by atoms with E-state index < -0.39 is 0 Å². The fourth-order valence-electron chi connectivity index (χ4n) is 2.16. The van der Waals surface area contributed by atoms with Crippen LogP contribution in [-0.4, -0.2) is 24.4 Å². The number of nitrogens with one attached hydrogen (secondary N) is 1. The zero-order chi connectivity index (χ0) is 11.4. The molecule has 1 aromatic rings. The van der Waals surface area contributed by atoms with E-state index >= 15 is 0 Å². The molecule has 1 aliphatic rings. The van der Waals surface area contributed by atoms with Gasteiger partial charge in [-0.3, -0.25) is 4.79 Å². The summed E-state index contributed by atoms with van der Waals surface area (Å²) in [4.78, 5) is 12.6. The highest BCUT2D eigenvalue weighted by Gasteiger charge is 2.21. The van der Waals surface area contributed by atoms with Crippen LogP contribution in [-0.2, 0) is 0 Å². The summed E-state index contributed by atoms with van der Waals surface area (Å²) in [6, 6.07) is 4.31. The molecule has 0 spiro atoms. The highest BCUT2D eigenvalue weighted by molar-refractivity contribution is 7.12. The summed E-state index contributed by atoms with van der Waals surface area (Å²) in [7, 11) is 0. The van der Waals surface area contributed by atoms with Gasteiger partial charge < -0.3 is 11.1 Å². The van der Waals surface area contributed by atoms with Crippen molar-refractivity contribution in [3.8, 4) is 0 Å². The van der Waals surface area contributed by atoms with E-state index in [4.69, 9.17) is 5.73 Å². The summed E-state index contributed by atoms with van der Waals surface area (Å²) >= 11 is 1.50. The molecular formula is C12H19ClN2OS. The first-order chi connectivity index (χ1) is 7.77. The van der Waals surface area contributed by atoms with Crippen molar-refractivity contribution >= 4 is 29.5 Å². The smallest absolute Gasteiger partial charge is 0.186 e. The van der Waals surface area contributed by atoms with E-state index in [2.05, 4.69) is 5.32 Å². The normalized spacial score (nSPS) is 24.1. The Hall–Kier alpha value is -0.420.